The molecule has 2 aliphatic heterocycles. The van der Waals surface area contributed by atoms with Crippen molar-refractivity contribution in [2.75, 3.05) is 32.1 Å². The summed E-state index contributed by atoms with van der Waals surface area (Å²) in [5.41, 5.74) is 3.31. The second kappa shape index (κ2) is 7.67. The Morgan fingerprint density at radius 2 is 1.65 bits per heavy atom. The highest BCUT2D eigenvalue weighted by Gasteiger charge is 2.28. The number of aliphatic imine (C=N–C) groups is 1. The van der Waals surface area contributed by atoms with Crippen molar-refractivity contribution in [2.24, 2.45) is 4.99 Å². The van der Waals surface area contributed by atoms with Crippen LogP contribution in [0.3, 0.4) is 0 Å². The smallest absolute Gasteiger partial charge is 0.151 e. The molecule has 6 nitrogen and oxygen atoms in total. The lowest BCUT2D eigenvalue weighted by molar-refractivity contribution is -0.00544. The molecule has 26 heavy (non-hydrogen) atoms. The van der Waals surface area contributed by atoms with Crippen LogP contribution >= 0.6 is 0 Å². The average molecular weight is 369 g/mol. The first-order chi connectivity index (χ1) is 12.7. The Morgan fingerprint density at radius 3 is 2.38 bits per heavy atom. The molecule has 0 bridgehead atoms. The average Bonchev–Trinajstić information content (AvgIpc) is 2.68. The highest BCUT2D eigenvalue weighted by atomic mass is 32.2. The third kappa shape index (κ3) is 3.71. The van der Waals surface area contributed by atoms with E-state index in [1.165, 1.54) is 5.56 Å². The Morgan fingerprint density at radius 1 is 0.962 bits per heavy atom. The van der Waals surface area contributed by atoms with Crippen LogP contribution in [-0.2, 0) is 17.6 Å². The topological polar surface area (TPSA) is 62.2 Å². The first-order valence-corrected chi connectivity index (χ1v) is 9.98. The van der Waals surface area contributed by atoms with Gasteiger partial charge >= 0.3 is 0 Å². The molecule has 1 fully saturated rings. The molecule has 2 aliphatic rings. The number of hydrazine groups is 1. The molecule has 4 rings (SSSR count). The van der Waals surface area contributed by atoms with E-state index in [4.69, 9.17) is 4.99 Å². The second-order valence-electron chi connectivity index (χ2n) is 6.49. The molecular formula is C19H21N4O2S-. The van der Waals surface area contributed by atoms with Gasteiger partial charge in [0.05, 0.1) is 18.1 Å². The normalized spacial score (nSPS) is 19.7. The van der Waals surface area contributed by atoms with Crippen LogP contribution < -0.4 is 0 Å². The molecule has 2 heterocycles. The van der Waals surface area contributed by atoms with Crippen LogP contribution in [-0.4, -0.2) is 61.6 Å². The number of hydrogen-bond donors (Lipinski definition) is 0. The van der Waals surface area contributed by atoms with E-state index in [-0.39, 0.29) is 5.88 Å². The van der Waals surface area contributed by atoms with E-state index in [1.807, 2.05) is 35.2 Å². The first-order valence-electron chi connectivity index (χ1n) is 8.73. The number of para-hydroxylation sites is 1. The van der Waals surface area contributed by atoms with Crippen LogP contribution in [0.4, 0.5) is 5.69 Å². The fourth-order valence-corrected chi connectivity index (χ4v) is 4.01. The van der Waals surface area contributed by atoms with Crippen molar-refractivity contribution in [3.05, 3.63) is 65.7 Å². The minimum absolute atomic E-state index is 0.107. The second-order valence-corrected chi connectivity index (χ2v) is 7.36. The summed E-state index contributed by atoms with van der Waals surface area (Å²) in [5, 5.41) is 4.52. The van der Waals surface area contributed by atoms with Crippen molar-refractivity contribution < 1.29 is 8.76 Å². The minimum atomic E-state index is -2.03. The van der Waals surface area contributed by atoms with Crippen LogP contribution in [0.25, 0.3) is 0 Å². The fourth-order valence-electron chi connectivity index (χ4n) is 3.45. The molecule has 7 heteroatoms. The van der Waals surface area contributed by atoms with Gasteiger partial charge in [-0.2, -0.15) is 0 Å². The molecular weight excluding hydrogens is 348 g/mol. The molecule has 136 valence electrons. The highest BCUT2D eigenvalue weighted by molar-refractivity contribution is 7.79. The monoisotopic (exact) mass is 369 g/mol. The Bertz CT molecular complexity index is 819. The molecule has 0 amide bonds. The predicted molar refractivity (Wildman–Crippen MR) is 102 cm³/mol. The summed E-state index contributed by atoms with van der Waals surface area (Å²) in [4.78, 5) is 6.90. The van der Waals surface area contributed by atoms with Crippen molar-refractivity contribution in [3.63, 3.8) is 0 Å². The van der Waals surface area contributed by atoms with E-state index >= 15 is 0 Å². The van der Waals surface area contributed by atoms with Crippen molar-refractivity contribution in [1.82, 2.24) is 14.9 Å². The zero-order valence-corrected chi connectivity index (χ0v) is 15.3. The van der Waals surface area contributed by atoms with Gasteiger partial charge in [-0.25, -0.2) is 10.0 Å². The van der Waals surface area contributed by atoms with Gasteiger partial charge in [-0.1, -0.05) is 48.5 Å². The number of piperazine rings is 1. The van der Waals surface area contributed by atoms with E-state index in [1.54, 1.807) is 0 Å². The van der Waals surface area contributed by atoms with Crippen molar-refractivity contribution in [3.8, 4) is 0 Å². The number of fused-ring (bicyclic) bond motifs is 1. The third-order valence-corrected chi connectivity index (χ3v) is 5.37. The number of rotatable bonds is 4. The summed E-state index contributed by atoms with van der Waals surface area (Å²) >= 11 is -2.03. The maximum atomic E-state index is 10.9. The van der Waals surface area contributed by atoms with Crippen LogP contribution in [0.15, 0.2) is 59.6 Å². The number of hydrogen-bond acceptors (Lipinski definition) is 6. The maximum absolute atomic E-state index is 10.9. The first kappa shape index (κ1) is 17.4. The molecule has 1 saturated heterocycles. The van der Waals surface area contributed by atoms with Gasteiger partial charge < -0.3 is 4.55 Å². The summed E-state index contributed by atoms with van der Waals surface area (Å²) in [6.07, 6.45) is 0. The van der Waals surface area contributed by atoms with E-state index < -0.39 is 11.1 Å². The van der Waals surface area contributed by atoms with Gasteiger partial charge in [0, 0.05) is 31.7 Å². The van der Waals surface area contributed by atoms with Crippen molar-refractivity contribution in [1.29, 1.82) is 0 Å². The fraction of sp³-hybridized carbons (Fsp3) is 0.316. The lowest BCUT2D eigenvalue weighted by atomic mass is 10.1. The van der Waals surface area contributed by atoms with E-state index in [0.717, 1.165) is 49.8 Å². The third-order valence-electron chi connectivity index (χ3n) is 4.79. The van der Waals surface area contributed by atoms with Crippen LogP contribution in [0, 0.1) is 0 Å². The summed E-state index contributed by atoms with van der Waals surface area (Å²) in [6, 6.07) is 18.4. The summed E-state index contributed by atoms with van der Waals surface area (Å²) in [5.74, 6) is 1.06. The minimum Gasteiger partial charge on any atom is -0.771 e. The summed E-state index contributed by atoms with van der Waals surface area (Å²) in [7, 11) is 0. The quantitative estimate of drug-likeness (QED) is 0.771. The highest BCUT2D eigenvalue weighted by Crippen LogP contribution is 2.29. The molecule has 2 aromatic rings. The molecule has 0 aromatic heterocycles. The predicted octanol–water partition coefficient (Wildman–Crippen LogP) is 1.95. The summed E-state index contributed by atoms with van der Waals surface area (Å²) < 4.78 is 21.9. The lowest BCUT2D eigenvalue weighted by Crippen LogP contribution is -2.56. The van der Waals surface area contributed by atoms with Gasteiger partial charge in [0.15, 0.2) is 5.84 Å². The molecule has 0 spiro atoms. The molecule has 2 aromatic carbocycles. The van der Waals surface area contributed by atoms with Crippen molar-refractivity contribution >= 4 is 22.6 Å². The zero-order chi connectivity index (χ0) is 17.9. The molecule has 0 radical (unpaired) electrons. The summed E-state index contributed by atoms with van der Waals surface area (Å²) in [6.45, 7) is 3.80. The molecule has 0 aliphatic carbocycles. The van der Waals surface area contributed by atoms with Crippen molar-refractivity contribution in [2.45, 2.75) is 6.54 Å². The van der Waals surface area contributed by atoms with Gasteiger partial charge in [0.1, 0.15) is 0 Å². The molecule has 0 saturated carbocycles. The van der Waals surface area contributed by atoms with Gasteiger partial charge in [-0.15, -0.1) is 0 Å². The largest absolute Gasteiger partial charge is 0.771 e. The lowest BCUT2D eigenvalue weighted by Gasteiger charge is -2.44. The van der Waals surface area contributed by atoms with E-state index in [2.05, 4.69) is 34.3 Å². The SMILES string of the molecule is O=S([O-])CN1CCN(N2Cc3ccccc3N=C2c2ccccc2)CC1. The molecule has 1 atom stereocenters. The van der Waals surface area contributed by atoms with Gasteiger partial charge in [-0.3, -0.25) is 14.1 Å². The van der Waals surface area contributed by atoms with E-state index in [0.29, 0.717) is 0 Å². The van der Waals surface area contributed by atoms with Gasteiger partial charge in [0.2, 0.25) is 0 Å². The number of nitrogens with zero attached hydrogens (tertiary/aromatic N) is 4. The standard InChI is InChI=1S/C19H22N4O2S/c24-26(25)15-21-10-12-22(13-11-21)23-14-17-8-4-5-9-18(17)20-19(23)16-6-2-1-3-7-16/h1-9H,10-15H2,(H,24,25)/p-1. The van der Waals surface area contributed by atoms with Gasteiger partial charge in [0.25, 0.3) is 0 Å². The Balaban J connectivity index is 1.60. The van der Waals surface area contributed by atoms with Crippen LogP contribution in [0.1, 0.15) is 11.1 Å². The maximum Gasteiger partial charge on any atom is 0.151 e. The van der Waals surface area contributed by atoms with Crippen LogP contribution in [0.5, 0.6) is 0 Å². The van der Waals surface area contributed by atoms with Crippen LogP contribution in [0.2, 0.25) is 0 Å². The van der Waals surface area contributed by atoms with E-state index in [9.17, 15) is 8.76 Å². The Hall–Kier alpha value is -2.06. The van der Waals surface area contributed by atoms with Gasteiger partial charge in [-0.05, 0) is 22.7 Å². The molecule has 1 unspecified atom stereocenters. The zero-order valence-electron chi connectivity index (χ0n) is 14.5. The Labute approximate surface area is 156 Å². The molecule has 0 N–H and O–H groups in total. The Kier molecular flexibility index (Phi) is 5.12. The number of amidine groups is 1. The number of benzene rings is 2.